The number of benzene rings is 2. The molecule has 162 valence electrons. The number of halogens is 1. The molecule has 2 aromatic heterocycles. The molecular formula is C25H20BrNO5. The topological polar surface area (TPSA) is 78.6 Å². The van der Waals surface area contributed by atoms with Crippen LogP contribution in [0.5, 0.6) is 17.2 Å². The molecule has 2 aromatic carbocycles. The van der Waals surface area contributed by atoms with E-state index in [4.69, 9.17) is 13.9 Å². The Balaban J connectivity index is 1.56. The van der Waals surface area contributed by atoms with Gasteiger partial charge in [-0.2, -0.15) is 0 Å². The van der Waals surface area contributed by atoms with Crippen molar-refractivity contribution < 1.29 is 18.7 Å². The van der Waals surface area contributed by atoms with E-state index in [2.05, 4.69) is 41.7 Å². The predicted octanol–water partition coefficient (Wildman–Crippen LogP) is 6.26. The van der Waals surface area contributed by atoms with Gasteiger partial charge in [-0.25, -0.2) is 4.79 Å². The van der Waals surface area contributed by atoms with Crippen molar-refractivity contribution in [3.63, 3.8) is 0 Å². The van der Waals surface area contributed by atoms with Gasteiger partial charge in [0, 0.05) is 22.9 Å². The highest BCUT2D eigenvalue weighted by Crippen LogP contribution is 2.27. The van der Waals surface area contributed by atoms with Gasteiger partial charge in [0.1, 0.15) is 23.3 Å². The maximum absolute atomic E-state index is 12.8. The molecule has 0 fully saturated rings. The number of rotatable bonds is 4. The van der Waals surface area contributed by atoms with Gasteiger partial charge in [0.05, 0.1) is 10.9 Å². The SMILES string of the molecule is CC(C)(C)c1ccc(Oc2coc3cc(OC(=O)c4cncc(Br)c4)ccc3c2=O)cc1. The highest BCUT2D eigenvalue weighted by atomic mass is 79.9. The lowest BCUT2D eigenvalue weighted by Gasteiger charge is -2.19. The van der Waals surface area contributed by atoms with E-state index in [-0.39, 0.29) is 27.9 Å². The number of fused-ring (bicyclic) bond motifs is 1. The molecule has 0 radical (unpaired) electrons. The molecule has 0 aliphatic carbocycles. The van der Waals surface area contributed by atoms with E-state index >= 15 is 0 Å². The number of ether oxygens (including phenoxy) is 2. The number of aromatic nitrogens is 1. The van der Waals surface area contributed by atoms with Crippen molar-refractivity contribution in [2.75, 3.05) is 0 Å². The zero-order chi connectivity index (χ0) is 22.9. The van der Waals surface area contributed by atoms with Crippen LogP contribution < -0.4 is 14.9 Å². The average Bonchev–Trinajstić information content (AvgIpc) is 2.75. The first-order valence-corrected chi connectivity index (χ1v) is 10.7. The van der Waals surface area contributed by atoms with E-state index < -0.39 is 5.97 Å². The summed E-state index contributed by atoms with van der Waals surface area (Å²) in [5.41, 5.74) is 1.44. The summed E-state index contributed by atoms with van der Waals surface area (Å²) in [7, 11) is 0. The van der Waals surface area contributed by atoms with Crippen molar-refractivity contribution in [1.82, 2.24) is 4.98 Å². The van der Waals surface area contributed by atoms with Crippen LogP contribution in [0.25, 0.3) is 11.0 Å². The van der Waals surface area contributed by atoms with Crippen LogP contribution in [-0.2, 0) is 5.41 Å². The second-order valence-corrected chi connectivity index (χ2v) is 9.16. The average molecular weight is 494 g/mol. The number of esters is 1. The zero-order valence-corrected chi connectivity index (χ0v) is 19.3. The second kappa shape index (κ2) is 8.59. The van der Waals surface area contributed by atoms with Gasteiger partial charge in [0.15, 0.2) is 0 Å². The molecule has 0 saturated carbocycles. The largest absolute Gasteiger partial charge is 0.460 e. The Morgan fingerprint density at radius 3 is 2.41 bits per heavy atom. The minimum Gasteiger partial charge on any atom is -0.460 e. The van der Waals surface area contributed by atoms with E-state index in [0.29, 0.717) is 21.2 Å². The van der Waals surface area contributed by atoms with Gasteiger partial charge in [-0.1, -0.05) is 32.9 Å². The molecule has 4 aromatic rings. The van der Waals surface area contributed by atoms with Gasteiger partial charge >= 0.3 is 5.97 Å². The second-order valence-electron chi connectivity index (χ2n) is 8.24. The predicted molar refractivity (Wildman–Crippen MR) is 125 cm³/mol. The molecule has 0 amide bonds. The lowest BCUT2D eigenvalue weighted by Crippen LogP contribution is -2.10. The summed E-state index contributed by atoms with van der Waals surface area (Å²) in [6.07, 6.45) is 4.23. The molecular weight excluding hydrogens is 474 g/mol. The number of hydrogen-bond acceptors (Lipinski definition) is 6. The third-order valence-electron chi connectivity index (χ3n) is 4.81. The van der Waals surface area contributed by atoms with Crippen LogP contribution in [0.15, 0.2) is 80.9 Å². The summed E-state index contributed by atoms with van der Waals surface area (Å²) in [6, 6.07) is 13.8. The maximum atomic E-state index is 12.8. The van der Waals surface area contributed by atoms with Crippen LogP contribution in [0, 0.1) is 0 Å². The first-order chi connectivity index (χ1) is 15.2. The van der Waals surface area contributed by atoms with Crippen molar-refractivity contribution in [3.05, 3.63) is 93.0 Å². The van der Waals surface area contributed by atoms with Gasteiger partial charge in [0.2, 0.25) is 11.2 Å². The van der Waals surface area contributed by atoms with Crippen LogP contribution >= 0.6 is 15.9 Å². The minimum atomic E-state index is -0.570. The van der Waals surface area contributed by atoms with Crippen LogP contribution in [0.4, 0.5) is 0 Å². The Labute approximate surface area is 192 Å². The molecule has 32 heavy (non-hydrogen) atoms. The lowest BCUT2D eigenvalue weighted by atomic mass is 9.87. The molecule has 0 spiro atoms. The summed E-state index contributed by atoms with van der Waals surface area (Å²) in [5.74, 6) is 0.292. The first kappa shape index (κ1) is 21.8. The monoisotopic (exact) mass is 493 g/mol. The lowest BCUT2D eigenvalue weighted by molar-refractivity contribution is 0.0734. The quantitative estimate of drug-likeness (QED) is 0.246. The summed E-state index contributed by atoms with van der Waals surface area (Å²) in [6.45, 7) is 6.38. The third-order valence-corrected chi connectivity index (χ3v) is 5.25. The molecule has 0 saturated heterocycles. The molecule has 0 N–H and O–H groups in total. The molecule has 0 unspecified atom stereocenters. The van der Waals surface area contributed by atoms with E-state index in [1.807, 2.05) is 24.3 Å². The Bertz CT molecular complexity index is 1350. The van der Waals surface area contributed by atoms with Gasteiger partial charge < -0.3 is 13.9 Å². The van der Waals surface area contributed by atoms with Crippen molar-refractivity contribution in [1.29, 1.82) is 0 Å². The van der Waals surface area contributed by atoms with E-state index in [1.165, 1.54) is 24.6 Å². The smallest absolute Gasteiger partial charge is 0.345 e. The molecule has 0 aliphatic rings. The van der Waals surface area contributed by atoms with E-state index in [0.717, 1.165) is 5.56 Å². The van der Waals surface area contributed by atoms with Crippen LogP contribution in [0.1, 0.15) is 36.7 Å². The highest BCUT2D eigenvalue weighted by Gasteiger charge is 2.15. The van der Waals surface area contributed by atoms with Crippen molar-refractivity contribution in [3.8, 4) is 17.2 Å². The molecule has 0 bridgehead atoms. The number of pyridine rings is 1. The zero-order valence-electron chi connectivity index (χ0n) is 17.7. The molecule has 0 aliphatic heterocycles. The summed E-state index contributed by atoms with van der Waals surface area (Å²) in [4.78, 5) is 29.1. The molecule has 4 rings (SSSR count). The molecule has 7 heteroatoms. The fourth-order valence-electron chi connectivity index (χ4n) is 3.06. The Morgan fingerprint density at radius 1 is 1.00 bits per heavy atom. The van der Waals surface area contributed by atoms with Gasteiger partial charge in [-0.3, -0.25) is 9.78 Å². The number of nitrogens with zero attached hydrogens (tertiary/aromatic N) is 1. The molecule has 2 heterocycles. The number of carbonyl (C=O) groups is 1. The molecule has 6 nitrogen and oxygen atoms in total. The highest BCUT2D eigenvalue weighted by molar-refractivity contribution is 9.10. The van der Waals surface area contributed by atoms with Crippen LogP contribution in [-0.4, -0.2) is 11.0 Å². The van der Waals surface area contributed by atoms with Crippen molar-refractivity contribution in [2.24, 2.45) is 0 Å². The van der Waals surface area contributed by atoms with Gasteiger partial charge in [0.25, 0.3) is 0 Å². The Hall–Kier alpha value is -3.45. The fraction of sp³-hybridized carbons (Fsp3) is 0.160. The third kappa shape index (κ3) is 4.73. The Kier molecular flexibility index (Phi) is 5.84. The van der Waals surface area contributed by atoms with Crippen molar-refractivity contribution in [2.45, 2.75) is 26.2 Å². The molecule has 0 atom stereocenters. The minimum absolute atomic E-state index is 0.0230. The Morgan fingerprint density at radius 2 is 1.72 bits per heavy atom. The summed E-state index contributed by atoms with van der Waals surface area (Å²) >= 11 is 3.27. The fourth-order valence-corrected chi connectivity index (χ4v) is 3.43. The van der Waals surface area contributed by atoms with Gasteiger partial charge in [-0.05, 0) is 57.2 Å². The van der Waals surface area contributed by atoms with E-state index in [1.54, 1.807) is 18.3 Å². The normalized spacial score (nSPS) is 11.4. The number of carbonyl (C=O) groups excluding carboxylic acids is 1. The standard InChI is InChI=1S/C25H20BrNO5/c1-25(2,3)16-4-6-18(7-5-16)31-22-14-30-21-11-19(8-9-20(21)23(22)28)32-24(29)15-10-17(26)13-27-12-15/h4-14H,1-3H3. The van der Waals surface area contributed by atoms with Gasteiger partial charge in [-0.15, -0.1) is 0 Å². The number of hydrogen-bond donors (Lipinski definition) is 0. The summed E-state index contributed by atoms with van der Waals surface area (Å²) in [5, 5.41) is 0.317. The first-order valence-electron chi connectivity index (χ1n) is 9.87. The van der Waals surface area contributed by atoms with Crippen LogP contribution in [0.3, 0.4) is 0 Å². The van der Waals surface area contributed by atoms with Crippen LogP contribution in [0.2, 0.25) is 0 Å². The van der Waals surface area contributed by atoms with Crippen molar-refractivity contribution >= 4 is 32.9 Å². The van der Waals surface area contributed by atoms with E-state index in [9.17, 15) is 9.59 Å². The maximum Gasteiger partial charge on any atom is 0.345 e. The summed E-state index contributed by atoms with van der Waals surface area (Å²) < 4.78 is 17.4.